The zero-order chi connectivity index (χ0) is 27.6. The van der Waals surface area contributed by atoms with E-state index >= 15 is 0 Å². The summed E-state index contributed by atoms with van der Waals surface area (Å²) in [6.45, 7) is 5.15. The van der Waals surface area contributed by atoms with Gasteiger partial charge in [0.2, 0.25) is 0 Å². The van der Waals surface area contributed by atoms with Gasteiger partial charge in [0, 0.05) is 6.08 Å². The fourth-order valence-corrected chi connectivity index (χ4v) is 5.33. The van der Waals surface area contributed by atoms with Crippen molar-refractivity contribution in [3.05, 3.63) is 12.2 Å². The number of carbonyl (C=O) groups is 1. The van der Waals surface area contributed by atoms with Gasteiger partial charge in [-0.05, 0) is 19.3 Å². The fourth-order valence-electron chi connectivity index (χ4n) is 5.33. The molecule has 38 heavy (non-hydrogen) atoms. The Kier molecular flexibility index (Phi) is 33.5. The molecule has 0 heterocycles. The van der Waals surface area contributed by atoms with Gasteiger partial charge in [-0.1, -0.05) is 193 Å². The molecule has 0 rings (SSSR count). The second-order valence-corrected chi connectivity index (χ2v) is 11.9. The summed E-state index contributed by atoms with van der Waals surface area (Å²) < 4.78 is 5.35. The van der Waals surface area contributed by atoms with Crippen molar-refractivity contribution >= 4 is 5.97 Å². The number of esters is 1. The Morgan fingerprint density at radius 2 is 0.711 bits per heavy atom. The molecule has 0 saturated heterocycles. The zero-order valence-electron chi connectivity index (χ0n) is 26.4. The van der Waals surface area contributed by atoms with Crippen LogP contribution in [0, 0.1) is 0 Å². The van der Waals surface area contributed by atoms with Crippen molar-refractivity contribution in [3.8, 4) is 0 Å². The molecule has 0 saturated carbocycles. The highest BCUT2D eigenvalue weighted by atomic mass is 16.5. The summed E-state index contributed by atoms with van der Waals surface area (Å²) in [5.41, 5.74) is 0. The van der Waals surface area contributed by atoms with Crippen molar-refractivity contribution in [3.63, 3.8) is 0 Å². The van der Waals surface area contributed by atoms with E-state index in [2.05, 4.69) is 13.8 Å². The van der Waals surface area contributed by atoms with Crippen LogP contribution in [-0.4, -0.2) is 12.6 Å². The first kappa shape index (κ1) is 37.2. The van der Waals surface area contributed by atoms with Gasteiger partial charge in [-0.25, -0.2) is 4.79 Å². The Labute approximate surface area is 240 Å². The van der Waals surface area contributed by atoms with Crippen LogP contribution in [0.1, 0.15) is 206 Å². The molecule has 0 spiro atoms. The lowest BCUT2D eigenvalue weighted by atomic mass is 10.0. The third kappa shape index (κ3) is 33.2. The minimum absolute atomic E-state index is 0.153. The minimum Gasteiger partial charge on any atom is -0.463 e. The quantitative estimate of drug-likeness (QED) is 0.0487. The Balaban J connectivity index is 3.20. The molecule has 2 heteroatoms. The van der Waals surface area contributed by atoms with E-state index in [1.54, 1.807) is 6.08 Å². The summed E-state index contributed by atoms with van der Waals surface area (Å²) in [7, 11) is 0. The molecular weight excluding hydrogens is 464 g/mol. The van der Waals surface area contributed by atoms with E-state index in [1.165, 1.54) is 180 Å². The SMILES string of the molecule is CCCCCCCCCCCCCCCCCCCC=CC(=O)OCCCCCCCCCCCCCC. The van der Waals surface area contributed by atoms with E-state index in [4.69, 9.17) is 4.74 Å². The topological polar surface area (TPSA) is 26.3 Å². The summed E-state index contributed by atoms with van der Waals surface area (Å²) in [5.74, 6) is -0.153. The molecule has 0 unspecified atom stereocenters. The summed E-state index contributed by atoms with van der Waals surface area (Å²) in [4.78, 5) is 11.8. The van der Waals surface area contributed by atoms with Gasteiger partial charge in [-0.15, -0.1) is 0 Å². The first-order valence-corrected chi connectivity index (χ1v) is 17.6. The number of unbranched alkanes of at least 4 members (excludes halogenated alkanes) is 28. The van der Waals surface area contributed by atoms with Crippen molar-refractivity contribution in [2.75, 3.05) is 6.61 Å². The van der Waals surface area contributed by atoms with Crippen LogP contribution in [0.15, 0.2) is 12.2 Å². The maximum atomic E-state index is 11.8. The van der Waals surface area contributed by atoms with Crippen molar-refractivity contribution in [2.24, 2.45) is 0 Å². The van der Waals surface area contributed by atoms with Crippen molar-refractivity contribution in [1.82, 2.24) is 0 Å². The predicted octanol–water partition coefficient (Wildman–Crippen LogP) is 12.8. The largest absolute Gasteiger partial charge is 0.463 e. The standard InChI is InChI=1S/C36H70O2/c1-3-5-7-9-11-13-15-17-18-19-20-21-22-23-24-26-28-30-32-34-36(37)38-35-33-31-29-27-25-16-14-12-10-8-6-4-2/h32,34H,3-31,33,35H2,1-2H3. The van der Waals surface area contributed by atoms with E-state index < -0.39 is 0 Å². The smallest absolute Gasteiger partial charge is 0.330 e. The highest BCUT2D eigenvalue weighted by molar-refractivity contribution is 5.81. The third-order valence-corrected chi connectivity index (χ3v) is 7.97. The van der Waals surface area contributed by atoms with Crippen LogP contribution in [0.2, 0.25) is 0 Å². The lowest BCUT2D eigenvalue weighted by Crippen LogP contribution is -2.02. The maximum Gasteiger partial charge on any atom is 0.330 e. The van der Waals surface area contributed by atoms with Gasteiger partial charge in [-0.3, -0.25) is 0 Å². The van der Waals surface area contributed by atoms with E-state index in [9.17, 15) is 4.79 Å². The Morgan fingerprint density at radius 1 is 0.421 bits per heavy atom. The van der Waals surface area contributed by atoms with Gasteiger partial charge >= 0.3 is 5.97 Å². The van der Waals surface area contributed by atoms with Crippen LogP contribution in [0.4, 0.5) is 0 Å². The summed E-state index contributed by atoms with van der Waals surface area (Å²) in [6.07, 6.45) is 44.5. The Morgan fingerprint density at radius 3 is 1.05 bits per heavy atom. The van der Waals surface area contributed by atoms with Gasteiger partial charge in [0.1, 0.15) is 0 Å². The molecule has 2 nitrogen and oxygen atoms in total. The molecule has 0 atom stereocenters. The number of rotatable bonds is 32. The van der Waals surface area contributed by atoms with Crippen molar-refractivity contribution in [1.29, 1.82) is 0 Å². The molecule has 0 N–H and O–H groups in total. The van der Waals surface area contributed by atoms with Crippen LogP contribution in [0.3, 0.4) is 0 Å². The molecule has 226 valence electrons. The summed E-state index contributed by atoms with van der Waals surface area (Å²) >= 11 is 0. The third-order valence-electron chi connectivity index (χ3n) is 7.97. The molecule has 0 bridgehead atoms. The normalized spacial score (nSPS) is 11.5. The Bertz CT molecular complexity index is 470. The van der Waals surface area contributed by atoms with Gasteiger partial charge in [-0.2, -0.15) is 0 Å². The molecule has 0 radical (unpaired) electrons. The summed E-state index contributed by atoms with van der Waals surface area (Å²) in [6, 6.07) is 0. The van der Waals surface area contributed by atoms with Gasteiger partial charge in [0.15, 0.2) is 0 Å². The van der Waals surface area contributed by atoms with Gasteiger partial charge in [0.25, 0.3) is 0 Å². The Hall–Kier alpha value is -0.790. The monoisotopic (exact) mass is 535 g/mol. The molecule has 0 aliphatic rings. The molecule has 0 aromatic heterocycles. The highest BCUT2D eigenvalue weighted by Crippen LogP contribution is 2.15. The van der Waals surface area contributed by atoms with Crippen molar-refractivity contribution in [2.45, 2.75) is 206 Å². The molecule has 0 aromatic carbocycles. The number of carbonyl (C=O) groups excluding carboxylic acids is 1. The van der Waals surface area contributed by atoms with E-state index in [0.717, 1.165) is 12.8 Å². The lowest BCUT2D eigenvalue weighted by molar-refractivity contribution is -0.137. The van der Waals surface area contributed by atoms with E-state index in [0.29, 0.717) is 6.61 Å². The van der Waals surface area contributed by atoms with Crippen LogP contribution >= 0.6 is 0 Å². The van der Waals surface area contributed by atoms with E-state index in [-0.39, 0.29) is 5.97 Å². The van der Waals surface area contributed by atoms with Crippen LogP contribution in [-0.2, 0) is 9.53 Å². The first-order valence-electron chi connectivity index (χ1n) is 17.6. The van der Waals surface area contributed by atoms with Crippen LogP contribution in [0.25, 0.3) is 0 Å². The molecular formula is C36H70O2. The number of ether oxygens (including phenoxy) is 1. The maximum absolute atomic E-state index is 11.8. The second-order valence-electron chi connectivity index (χ2n) is 11.9. The fraction of sp³-hybridized carbons (Fsp3) is 0.917. The average molecular weight is 535 g/mol. The lowest BCUT2D eigenvalue weighted by Gasteiger charge is -2.04. The first-order chi connectivity index (χ1) is 18.8. The summed E-state index contributed by atoms with van der Waals surface area (Å²) in [5, 5.41) is 0. The van der Waals surface area contributed by atoms with Gasteiger partial charge in [0.05, 0.1) is 6.61 Å². The molecule has 0 fully saturated rings. The molecule has 0 aliphatic heterocycles. The number of hydrogen-bond acceptors (Lipinski definition) is 2. The average Bonchev–Trinajstić information content (AvgIpc) is 2.92. The molecule has 0 aliphatic carbocycles. The van der Waals surface area contributed by atoms with Crippen LogP contribution in [0.5, 0.6) is 0 Å². The molecule has 0 amide bonds. The van der Waals surface area contributed by atoms with E-state index in [1.807, 2.05) is 6.08 Å². The highest BCUT2D eigenvalue weighted by Gasteiger charge is 1.98. The zero-order valence-corrected chi connectivity index (χ0v) is 26.4. The van der Waals surface area contributed by atoms with Gasteiger partial charge < -0.3 is 4.74 Å². The van der Waals surface area contributed by atoms with Crippen LogP contribution < -0.4 is 0 Å². The molecule has 0 aromatic rings. The second kappa shape index (κ2) is 34.2. The minimum atomic E-state index is -0.153. The predicted molar refractivity (Wildman–Crippen MR) is 170 cm³/mol. The number of hydrogen-bond donors (Lipinski definition) is 0. The van der Waals surface area contributed by atoms with Crippen molar-refractivity contribution < 1.29 is 9.53 Å². The number of allylic oxidation sites excluding steroid dienone is 1.